The van der Waals surface area contributed by atoms with E-state index in [4.69, 9.17) is 0 Å². The van der Waals surface area contributed by atoms with E-state index < -0.39 is 0 Å². The molecule has 1 aliphatic rings. The molecule has 1 aromatic rings. The van der Waals surface area contributed by atoms with E-state index in [-0.39, 0.29) is 5.91 Å². The van der Waals surface area contributed by atoms with E-state index in [1.54, 1.807) is 0 Å². The maximum atomic E-state index is 11.6. The van der Waals surface area contributed by atoms with Gasteiger partial charge in [0.1, 0.15) is 0 Å². The van der Waals surface area contributed by atoms with Crippen LogP contribution in [-0.2, 0) is 11.2 Å². The number of carbonyl (C=O) groups is 1. The van der Waals surface area contributed by atoms with E-state index in [0.29, 0.717) is 12.5 Å². The van der Waals surface area contributed by atoms with Crippen LogP contribution < -0.4 is 10.6 Å². The molecule has 2 N–H and O–H groups in total. The fraction of sp³-hybridized carbons (Fsp3) is 0.417. The molecule has 80 valence electrons. The molecule has 0 unspecified atom stereocenters. The molecule has 0 bridgehead atoms. The van der Waals surface area contributed by atoms with Gasteiger partial charge in [-0.05, 0) is 18.5 Å². The van der Waals surface area contributed by atoms with Crippen molar-refractivity contribution < 1.29 is 4.79 Å². The fourth-order valence-electron chi connectivity index (χ4n) is 1.84. The van der Waals surface area contributed by atoms with Crippen molar-refractivity contribution in [3.63, 3.8) is 0 Å². The summed E-state index contributed by atoms with van der Waals surface area (Å²) in [6.07, 6.45) is 1.53. The van der Waals surface area contributed by atoms with Crippen LogP contribution in [0.25, 0.3) is 0 Å². The second kappa shape index (κ2) is 4.94. The highest BCUT2D eigenvalue weighted by molar-refractivity contribution is 5.78. The third-order valence-electron chi connectivity index (χ3n) is 2.63. The number of amides is 1. The average Bonchev–Trinajstić information content (AvgIpc) is 2.71. The van der Waals surface area contributed by atoms with Crippen molar-refractivity contribution in [3.05, 3.63) is 35.9 Å². The highest BCUT2D eigenvalue weighted by atomic mass is 16.1. The molecule has 1 atom stereocenters. The number of rotatable bonds is 3. The summed E-state index contributed by atoms with van der Waals surface area (Å²) in [5.74, 6) is 0.120. The molecule has 0 saturated carbocycles. The van der Waals surface area contributed by atoms with E-state index in [2.05, 4.69) is 10.6 Å². The van der Waals surface area contributed by atoms with Crippen LogP contribution in [-0.4, -0.2) is 25.0 Å². The molecule has 15 heavy (non-hydrogen) atoms. The average molecular weight is 204 g/mol. The first-order valence-electron chi connectivity index (χ1n) is 5.38. The second-order valence-corrected chi connectivity index (χ2v) is 3.92. The number of nitrogens with one attached hydrogen (secondary N) is 2. The summed E-state index contributed by atoms with van der Waals surface area (Å²) in [4.78, 5) is 11.6. The molecule has 0 radical (unpaired) electrons. The normalized spacial score (nSPS) is 20.1. The largest absolute Gasteiger partial charge is 0.352 e. The van der Waals surface area contributed by atoms with Gasteiger partial charge in [0.25, 0.3) is 0 Å². The third-order valence-corrected chi connectivity index (χ3v) is 2.63. The van der Waals surface area contributed by atoms with E-state index in [0.717, 1.165) is 25.1 Å². The van der Waals surface area contributed by atoms with E-state index >= 15 is 0 Å². The summed E-state index contributed by atoms with van der Waals surface area (Å²) >= 11 is 0. The number of benzene rings is 1. The predicted octanol–water partition coefficient (Wildman–Crippen LogP) is 0.707. The summed E-state index contributed by atoms with van der Waals surface area (Å²) in [6, 6.07) is 10.2. The monoisotopic (exact) mass is 204 g/mol. The Morgan fingerprint density at radius 2 is 2.20 bits per heavy atom. The van der Waals surface area contributed by atoms with Crippen molar-refractivity contribution in [3.8, 4) is 0 Å². The van der Waals surface area contributed by atoms with Crippen molar-refractivity contribution in [2.24, 2.45) is 0 Å². The van der Waals surface area contributed by atoms with Gasteiger partial charge < -0.3 is 10.6 Å². The highest BCUT2D eigenvalue weighted by Crippen LogP contribution is 2.01. The molecule has 1 amide bonds. The second-order valence-electron chi connectivity index (χ2n) is 3.92. The van der Waals surface area contributed by atoms with Gasteiger partial charge in [0, 0.05) is 12.6 Å². The molecule has 0 aliphatic carbocycles. The first-order chi connectivity index (χ1) is 7.34. The highest BCUT2D eigenvalue weighted by Gasteiger charge is 2.16. The molecule has 1 aromatic carbocycles. The Bertz CT molecular complexity index is 318. The van der Waals surface area contributed by atoms with Gasteiger partial charge in [-0.3, -0.25) is 4.79 Å². The van der Waals surface area contributed by atoms with Gasteiger partial charge in [0.05, 0.1) is 6.42 Å². The minimum Gasteiger partial charge on any atom is -0.352 e. The zero-order valence-electron chi connectivity index (χ0n) is 8.70. The van der Waals surface area contributed by atoms with E-state index in [1.165, 1.54) is 0 Å². The Morgan fingerprint density at radius 1 is 1.40 bits per heavy atom. The minimum absolute atomic E-state index is 0.120. The molecule has 1 aliphatic heterocycles. The lowest BCUT2D eigenvalue weighted by atomic mass is 10.1. The Labute approximate surface area is 89.9 Å². The predicted molar refractivity (Wildman–Crippen MR) is 59.6 cm³/mol. The third kappa shape index (κ3) is 3.06. The van der Waals surface area contributed by atoms with Gasteiger partial charge in [0.2, 0.25) is 5.91 Å². The van der Waals surface area contributed by atoms with Crippen molar-refractivity contribution in [1.82, 2.24) is 10.6 Å². The van der Waals surface area contributed by atoms with E-state index in [9.17, 15) is 4.79 Å². The lowest BCUT2D eigenvalue weighted by Gasteiger charge is -2.10. The van der Waals surface area contributed by atoms with Crippen LogP contribution in [0.1, 0.15) is 12.0 Å². The molecule has 0 spiro atoms. The van der Waals surface area contributed by atoms with Gasteiger partial charge in [-0.25, -0.2) is 0 Å². The Morgan fingerprint density at radius 3 is 2.87 bits per heavy atom. The lowest BCUT2D eigenvalue weighted by Crippen LogP contribution is -2.37. The van der Waals surface area contributed by atoms with Crippen LogP contribution >= 0.6 is 0 Å². The fourth-order valence-corrected chi connectivity index (χ4v) is 1.84. The summed E-state index contributed by atoms with van der Waals surface area (Å²) in [5, 5.41) is 6.25. The maximum Gasteiger partial charge on any atom is 0.224 e. The molecular formula is C12H16N2O. The summed E-state index contributed by atoms with van der Waals surface area (Å²) in [7, 11) is 0. The number of hydrogen-bond acceptors (Lipinski definition) is 2. The van der Waals surface area contributed by atoms with Crippen LogP contribution in [0.3, 0.4) is 0 Å². The molecule has 1 saturated heterocycles. The van der Waals surface area contributed by atoms with Gasteiger partial charge in [0.15, 0.2) is 0 Å². The van der Waals surface area contributed by atoms with Gasteiger partial charge in [-0.15, -0.1) is 0 Å². The summed E-state index contributed by atoms with van der Waals surface area (Å²) in [5.41, 5.74) is 1.07. The van der Waals surface area contributed by atoms with Crippen molar-refractivity contribution in [1.29, 1.82) is 0 Å². The first kappa shape index (κ1) is 10.2. The van der Waals surface area contributed by atoms with Gasteiger partial charge in [-0.1, -0.05) is 30.3 Å². The minimum atomic E-state index is 0.120. The smallest absolute Gasteiger partial charge is 0.224 e. The lowest BCUT2D eigenvalue weighted by molar-refractivity contribution is -0.121. The Hall–Kier alpha value is -1.35. The molecule has 2 rings (SSSR count). The molecule has 1 fully saturated rings. The first-order valence-corrected chi connectivity index (χ1v) is 5.38. The zero-order valence-corrected chi connectivity index (χ0v) is 8.70. The summed E-state index contributed by atoms with van der Waals surface area (Å²) in [6.45, 7) is 1.91. The quantitative estimate of drug-likeness (QED) is 0.761. The topological polar surface area (TPSA) is 41.1 Å². The van der Waals surface area contributed by atoms with Crippen LogP contribution in [0.15, 0.2) is 30.3 Å². The molecule has 3 heteroatoms. The number of carbonyl (C=O) groups excluding carboxylic acids is 1. The van der Waals surface area contributed by atoms with Gasteiger partial charge in [-0.2, -0.15) is 0 Å². The van der Waals surface area contributed by atoms with Crippen LogP contribution in [0.2, 0.25) is 0 Å². The van der Waals surface area contributed by atoms with Crippen molar-refractivity contribution >= 4 is 5.91 Å². The number of hydrogen-bond donors (Lipinski definition) is 2. The Balaban J connectivity index is 1.82. The Kier molecular flexibility index (Phi) is 3.35. The van der Waals surface area contributed by atoms with E-state index in [1.807, 2.05) is 30.3 Å². The molecular weight excluding hydrogens is 188 g/mol. The molecule has 1 heterocycles. The molecule has 0 aromatic heterocycles. The standard InChI is InChI=1S/C12H16N2O/c15-12(14-11-6-7-13-9-11)8-10-4-2-1-3-5-10/h1-5,11,13H,6-9H2,(H,14,15)/t11-/m1/s1. The van der Waals surface area contributed by atoms with Crippen LogP contribution in [0.4, 0.5) is 0 Å². The van der Waals surface area contributed by atoms with Crippen molar-refractivity contribution in [2.45, 2.75) is 18.9 Å². The van der Waals surface area contributed by atoms with Crippen molar-refractivity contribution in [2.75, 3.05) is 13.1 Å². The SMILES string of the molecule is O=C(Cc1ccccc1)N[C@@H]1CCNC1. The van der Waals surface area contributed by atoms with Crippen LogP contribution in [0, 0.1) is 0 Å². The maximum absolute atomic E-state index is 11.6. The van der Waals surface area contributed by atoms with Crippen LogP contribution in [0.5, 0.6) is 0 Å². The summed E-state index contributed by atoms with van der Waals surface area (Å²) < 4.78 is 0. The van der Waals surface area contributed by atoms with Gasteiger partial charge >= 0.3 is 0 Å². The molecule has 3 nitrogen and oxygen atoms in total. The zero-order chi connectivity index (χ0) is 10.5.